The highest BCUT2D eigenvalue weighted by atomic mass is 32.1. The normalized spacial score (nSPS) is 17.0. The zero-order valence-electron chi connectivity index (χ0n) is 14.1. The number of aliphatic hydroxyl groups is 1. The van der Waals surface area contributed by atoms with Gasteiger partial charge in [0, 0.05) is 49.4 Å². The van der Waals surface area contributed by atoms with Gasteiger partial charge in [-0.05, 0) is 13.8 Å². The number of nitrogens with zero attached hydrogens (tertiary/aromatic N) is 3. The second kappa shape index (κ2) is 7.42. The molecule has 0 aliphatic carbocycles. The van der Waals surface area contributed by atoms with Gasteiger partial charge in [-0.25, -0.2) is 4.98 Å². The van der Waals surface area contributed by atoms with Crippen LogP contribution in [0, 0.1) is 6.92 Å². The smallest absolute Gasteiger partial charge is 0.251 e. The van der Waals surface area contributed by atoms with Crippen molar-refractivity contribution in [3.63, 3.8) is 0 Å². The van der Waals surface area contributed by atoms with Gasteiger partial charge in [0.1, 0.15) is 11.1 Å². The van der Waals surface area contributed by atoms with E-state index in [4.69, 9.17) is 0 Å². The number of carbonyl (C=O) groups is 1. The van der Waals surface area contributed by atoms with Gasteiger partial charge in [-0.1, -0.05) is 29.8 Å². The lowest BCUT2D eigenvalue weighted by atomic mass is 10.2. The van der Waals surface area contributed by atoms with Crippen molar-refractivity contribution in [3.8, 4) is 10.6 Å². The van der Waals surface area contributed by atoms with Crippen LogP contribution in [0.4, 0.5) is 0 Å². The standard InChI is InChI=1S/C18H23N3O2S/c1-13-3-5-15(6-4-13)17-19-11-16(24-17)12-20-7-9-21(10-8-20)18(23)14(2)22/h3-6,11,14,22H,7-10,12H2,1-2H3. The molecule has 5 nitrogen and oxygen atoms in total. The molecular weight excluding hydrogens is 322 g/mol. The highest BCUT2D eigenvalue weighted by Crippen LogP contribution is 2.26. The molecule has 1 unspecified atom stereocenters. The number of hydrogen-bond acceptors (Lipinski definition) is 5. The molecule has 1 aliphatic rings. The fourth-order valence-corrected chi connectivity index (χ4v) is 3.78. The number of amides is 1. The maximum absolute atomic E-state index is 11.8. The summed E-state index contributed by atoms with van der Waals surface area (Å²) in [6.45, 7) is 7.48. The Balaban J connectivity index is 1.56. The van der Waals surface area contributed by atoms with Gasteiger partial charge in [0.05, 0.1) is 0 Å². The second-order valence-electron chi connectivity index (χ2n) is 6.28. The predicted octanol–water partition coefficient (Wildman–Crippen LogP) is 2.14. The van der Waals surface area contributed by atoms with Gasteiger partial charge >= 0.3 is 0 Å². The minimum atomic E-state index is -0.907. The topological polar surface area (TPSA) is 56.7 Å². The number of benzene rings is 1. The Morgan fingerprint density at radius 3 is 2.54 bits per heavy atom. The van der Waals surface area contributed by atoms with Crippen LogP contribution in [-0.2, 0) is 11.3 Å². The molecule has 1 fully saturated rings. The molecular formula is C18H23N3O2S. The van der Waals surface area contributed by atoms with Gasteiger partial charge in [0.2, 0.25) is 0 Å². The van der Waals surface area contributed by atoms with Crippen molar-refractivity contribution in [1.82, 2.24) is 14.8 Å². The van der Waals surface area contributed by atoms with E-state index in [9.17, 15) is 9.90 Å². The SMILES string of the molecule is Cc1ccc(-c2ncc(CN3CCN(C(=O)C(C)O)CC3)s2)cc1. The number of aryl methyl sites for hydroxylation is 1. The third kappa shape index (κ3) is 4.01. The summed E-state index contributed by atoms with van der Waals surface area (Å²) in [4.78, 5) is 21.6. The Bertz CT molecular complexity index is 689. The van der Waals surface area contributed by atoms with Crippen LogP contribution in [0.5, 0.6) is 0 Å². The highest BCUT2D eigenvalue weighted by Gasteiger charge is 2.24. The first-order valence-corrected chi connectivity index (χ1v) is 9.05. The zero-order valence-corrected chi connectivity index (χ0v) is 14.9. The maximum atomic E-state index is 11.8. The molecule has 1 aliphatic heterocycles. The van der Waals surface area contributed by atoms with Crippen LogP contribution in [0.25, 0.3) is 10.6 Å². The van der Waals surface area contributed by atoms with Gasteiger partial charge in [-0.2, -0.15) is 0 Å². The van der Waals surface area contributed by atoms with Crippen molar-refractivity contribution in [3.05, 3.63) is 40.9 Å². The highest BCUT2D eigenvalue weighted by molar-refractivity contribution is 7.15. The molecule has 0 bridgehead atoms. The average Bonchev–Trinajstić information content (AvgIpc) is 3.04. The van der Waals surface area contributed by atoms with Gasteiger partial charge in [-0.15, -0.1) is 11.3 Å². The van der Waals surface area contributed by atoms with Crippen LogP contribution in [-0.4, -0.2) is 58.1 Å². The molecule has 3 rings (SSSR count). The summed E-state index contributed by atoms with van der Waals surface area (Å²) < 4.78 is 0. The molecule has 24 heavy (non-hydrogen) atoms. The van der Waals surface area contributed by atoms with Crippen LogP contribution in [0.2, 0.25) is 0 Å². The number of carbonyl (C=O) groups excluding carboxylic acids is 1. The van der Waals surface area contributed by atoms with Crippen LogP contribution < -0.4 is 0 Å². The van der Waals surface area contributed by atoms with Crippen molar-refractivity contribution in [2.75, 3.05) is 26.2 Å². The van der Waals surface area contributed by atoms with Gasteiger partial charge in [0.15, 0.2) is 0 Å². The molecule has 6 heteroatoms. The fourth-order valence-electron chi connectivity index (χ4n) is 2.82. The van der Waals surface area contributed by atoms with Crippen molar-refractivity contribution < 1.29 is 9.90 Å². The first-order valence-electron chi connectivity index (χ1n) is 8.24. The predicted molar refractivity (Wildman–Crippen MR) is 95.8 cm³/mol. The summed E-state index contributed by atoms with van der Waals surface area (Å²) in [6.07, 6.45) is 1.04. The number of aromatic nitrogens is 1. The number of hydrogen-bond donors (Lipinski definition) is 1. The molecule has 128 valence electrons. The Kier molecular flexibility index (Phi) is 5.28. The Morgan fingerprint density at radius 1 is 1.25 bits per heavy atom. The lowest BCUT2D eigenvalue weighted by Crippen LogP contribution is -2.50. The van der Waals surface area contributed by atoms with Crippen molar-refractivity contribution in [2.45, 2.75) is 26.5 Å². The molecule has 1 amide bonds. The third-order valence-corrected chi connectivity index (χ3v) is 5.30. The van der Waals surface area contributed by atoms with Gasteiger partial charge < -0.3 is 10.0 Å². The van der Waals surface area contributed by atoms with E-state index in [1.54, 1.807) is 16.2 Å². The van der Waals surface area contributed by atoms with Crippen LogP contribution >= 0.6 is 11.3 Å². The number of aliphatic hydroxyl groups excluding tert-OH is 1. The van der Waals surface area contributed by atoms with Crippen LogP contribution in [0.1, 0.15) is 17.4 Å². The Labute approximate surface area is 146 Å². The van der Waals surface area contributed by atoms with E-state index in [0.29, 0.717) is 13.1 Å². The molecule has 2 heterocycles. The van der Waals surface area contributed by atoms with Gasteiger partial charge in [-0.3, -0.25) is 9.69 Å². The molecule has 1 aromatic heterocycles. The first-order chi connectivity index (χ1) is 11.5. The summed E-state index contributed by atoms with van der Waals surface area (Å²) >= 11 is 1.72. The van der Waals surface area contributed by atoms with E-state index in [-0.39, 0.29) is 5.91 Å². The monoisotopic (exact) mass is 345 g/mol. The summed E-state index contributed by atoms with van der Waals surface area (Å²) in [5, 5.41) is 10.4. The Hall–Kier alpha value is -1.76. The molecule has 1 N–H and O–H groups in total. The zero-order chi connectivity index (χ0) is 17.1. The molecule has 0 saturated carbocycles. The summed E-state index contributed by atoms with van der Waals surface area (Å²) in [5.41, 5.74) is 2.41. The molecule has 0 radical (unpaired) electrons. The van der Waals surface area contributed by atoms with Crippen LogP contribution in [0.3, 0.4) is 0 Å². The van der Waals surface area contributed by atoms with E-state index in [0.717, 1.165) is 30.2 Å². The van der Waals surface area contributed by atoms with E-state index in [1.165, 1.54) is 17.4 Å². The van der Waals surface area contributed by atoms with Crippen molar-refractivity contribution in [2.24, 2.45) is 0 Å². The lowest BCUT2D eigenvalue weighted by Gasteiger charge is -2.35. The first kappa shape index (κ1) is 17.1. The minimum Gasteiger partial charge on any atom is -0.384 e. The van der Waals surface area contributed by atoms with Crippen molar-refractivity contribution >= 4 is 17.2 Å². The van der Waals surface area contributed by atoms with E-state index in [1.807, 2.05) is 6.20 Å². The molecule has 0 spiro atoms. The fraction of sp³-hybridized carbons (Fsp3) is 0.444. The molecule has 1 saturated heterocycles. The summed E-state index contributed by atoms with van der Waals surface area (Å²) in [7, 11) is 0. The van der Waals surface area contributed by atoms with Crippen LogP contribution in [0.15, 0.2) is 30.5 Å². The molecule has 2 aromatic rings. The maximum Gasteiger partial charge on any atom is 0.251 e. The number of rotatable bonds is 4. The largest absolute Gasteiger partial charge is 0.384 e. The van der Waals surface area contributed by atoms with E-state index in [2.05, 4.69) is 41.1 Å². The summed E-state index contributed by atoms with van der Waals surface area (Å²) in [5.74, 6) is -0.172. The molecule has 1 aromatic carbocycles. The minimum absolute atomic E-state index is 0.172. The average molecular weight is 345 g/mol. The number of thiazole rings is 1. The van der Waals surface area contributed by atoms with E-state index < -0.39 is 6.10 Å². The molecule has 1 atom stereocenters. The summed E-state index contributed by atoms with van der Waals surface area (Å²) in [6, 6.07) is 8.43. The van der Waals surface area contributed by atoms with Gasteiger partial charge in [0.25, 0.3) is 5.91 Å². The Morgan fingerprint density at radius 2 is 1.92 bits per heavy atom. The quantitative estimate of drug-likeness (QED) is 0.922. The lowest BCUT2D eigenvalue weighted by molar-refractivity contribution is -0.141. The third-order valence-electron chi connectivity index (χ3n) is 4.27. The second-order valence-corrected chi connectivity index (χ2v) is 7.39. The van der Waals surface area contributed by atoms with E-state index >= 15 is 0 Å². The van der Waals surface area contributed by atoms with Crippen molar-refractivity contribution in [1.29, 1.82) is 0 Å². The number of piperazine rings is 1.